The largest absolute Gasteiger partial charge is 0.463 e. The molecule has 0 saturated carbocycles. The number of nitrogens with one attached hydrogen (secondary N) is 1. The highest BCUT2D eigenvalue weighted by Crippen LogP contribution is 2.33. The molecule has 5 atom stereocenters. The molecule has 0 aromatic rings. The summed E-state index contributed by atoms with van der Waals surface area (Å²) in [6.45, 7) is 5.88. The van der Waals surface area contributed by atoms with E-state index in [2.05, 4.69) is 10.0 Å². The minimum atomic E-state index is -2.15. The normalized spacial score (nSPS) is 26.1. The fourth-order valence-corrected chi connectivity index (χ4v) is 2.94. The minimum Gasteiger partial charge on any atom is -0.463 e. The van der Waals surface area contributed by atoms with Gasteiger partial charge in [-0.3, -0.25) is 10.2 Å². The SMILES string of the molecule is CCCCO[C@H]1[C@H](OCCCC)[C@@H](N=[N+]=[N-])C(OC(=N)C(Cl)(Cl)Cl)O[C@@H]1COC(C)=O. The number of unbranched alkanes of at least 4 members (excludes halogenated alkanes) is 2. The summed E-state index contributed by atoms with van der Waals surface area (Å²) in [5.74, 6) is -1.23. The van der Waals surface area contributed by atoms with Gasteiger partial charge in [-0.1, -0.05) is 66.6 Å². The molecule has 178 valence electrons. The maximum absolute atomic E-state index is 11.4. The molecule has 0 bridgehead atoms. The van der Waals surface area contributed by atoms with Crippen molar-refractivity contribution in [3.63, 3.8) is 0 Å². The average Bonchev–Trinajstić information content (AvgIpc) is 2.69. The van der Waals surface area contributed by atoms with Crippen LogP contribution < -0.4 is 0 Å². The van der Waals surface area contributed by atoms with Crippen molar-refractivity contribution in [1.82, 2.24) is 0 Å². The van der Waals surface area contributed by atoms with Gasteiger partial charge in [0.05, 0.1) is 0 Å². The van der Waals surface area contributed by atoms with E-state index in [-0.39, 0.29) is 6.61 Å². The molecule has 0 spiro atoms. The summed E-state index contributed by atoms with van der Waals surface area (Å²) in [5, 5.41) is 11.6. The number of hydrogen-bond donors (Lipinski definition) is 1. The Hall–Kier alpha value is -1.00. The highest BCUT2D eigenvalue weighted by atomic mass is 35.6. The first-order chi connectivity index (χ1) is 14.6. The maximum Gasteiger partial charge on any atom is 0.302 e. The van der Waals surface area contributed by atoms with Crippen molar-refractivity contribution in [1.29, 1.82) is 5.41 Å². The zero-order valence-electron chi connectivity index (χ0n) is 17.8. The third-order valence-electron chi connectivity index (χ3n) is 4.36. The molecule has 1 fully saturated rings. The molecule has 1 saturated heterocycles. The van der Waals surface area contributed by atoms with Gasteiger partial charge in [0.15, 0.2) is 0 Å². The van der Waals surface area contributed by atoms with Gasteiger partial charge in [-0.15, -0.1) is 0 Å². The van der Waals surface area contributed by atoms with E-state index in [1.807, 2.05) is 13.8 Å². The van der Waals surface area contributed by atoms with Crippen LogP contribution in [0.25, 0.3) is 10.4 Å². The van der Waals surface area contributed by atoms with Crippen molar-refractivity contribution in [2.45, 2.75) is 80.9 Å². The zero-order chi connectivity index (χ0) is 23.4. The van der Waals surface area contributed by atoms with Crippen LogP contribution in [0.1, 0.15) is 46.5 Å². The van der Waals surface area contributed by atoms with Crippen molar-refractivity contribution >= 4 is 46.7 Å². The number of alkyl halides is 3. The van der Waals surface area contributed by atoms with E-state index in [0.29, 0.717) is 13.2 Å². The van der Waals surface area contributed by atoms with Gasteiger partial charge in [0.25, 0.3) is 3.79 Å². The quantitative estimate of drug-likeness (QED) is 0.0599. The number of esters is 1. The monoisotopic (exact) mass is 502 g/mol. The molecule has 10 nitrogen and oxygen atoms in total. The Bertz CT molecular complexity index is 630. The van der Waals surface area contributed by atoms with E-state index in [1.165, 1.54) is 6.92 Å². The van der Waals surface area contributed by atoms with Crippen LogP contribution in [0.3, 0.4) is 0 Å². The summed E-state index contributed by atoms with van der Waals surface area (Å²) in [7, 11) is 0. The van der Waals surface area contributed by atoms with Crippen LogP contribution in [-0.4, -0.2) is 66.1 Å². The highest BCUT2D eigenvalue weighted by molar-refractivity contribution is 6.76. The third-order valence-corrected chi connectivity index (χ3v) is 4.87. The first kappa shape index (κ1) is 28.0. The molecule has 0 aliphatic carbocycles. The molecule has 1 N–H and O–H groups in total. The number of hydrogen-bond acceptors (Lipinski definition) is 8. The number of ether oxygens (including phenoxy) is 5. The summed E-state index contributed by atoms with van der Waals surface area (Å²) < 4.78 is 26.2. The van der Waals surface area contributed by atoms with Gasteiger partial charge in [-0.2, -0.15) is 0 Å². The number of carbonyl (C=O) groups excluding carboxylic acids is 1. The van der Waals surface area contributed by atoms with Crippen LogP contribution in [0.2, 0.25) is 0 Å². The molecule has 31 heavy (non-hydrogen) atoms. The van der Waals surface area contributed by atoms with Crippen molar-refractivity contribution in [3.05, 3.63) is 10.4 Å². The van der Waals surface area contributed by atoms with Gasteiger partial charge in [-0.05, 0) is 18.4 Å². The second-order valence-corrected chi connectivity index (χ2v) is 9.14. The summed E-state index contributed by atoms with van der Waals surface area (Å²) in [5.41, 5.74) is 9.11. The van der Waals surface area contributed by atoms with E-state index < -0.39 is 46.3 Å². The molecule has 0 aromatic carbocycles. The molecule has 0 amide bonds. The van der Waals surface area contributed by atoms with Crippen molar-refractivity contribution in [2.24, 2.45) is 5.11 Å². The van der Waals surface area contributed by atoms with Crippen LogP contribution in [-0.2, 0) is 28.5 Å². The first-order valence-electron chi connectivity index (χ1n) is 10.0. The molecule has 1 aliphatic rings. The second kappa shape index (κ2) is 14.2. The molecule has 1 rings (SSSR count). The number of rotatable bonds is 12. The van der Waals surface area contributed by atoms with Gasteiger partial charge in [0.1, 0.15) is 31.0 Å². The fraction of sp³-hybridized carbons (Fsp3) is 0.889. The second-order valence-electron chi connectivity index (χ2n) is 6.86. The summed E-state index contributed by atoms with van der Waals surface area (Å²) in [6.07, 6.45) is -0.361. The molecule has 0 aromatic heterocycles. The first-order valence-corrected chi connectivity index (χ1v) is 11.2. The van der Waals surface area contributed by atoms with Crippen LogP contribution in [0.5, 0.6) is 0 Å². The predicted molar refractivity (Wildman–Crippen MR) is 117 cm³/mol. The molecule has 1 heterocycles. The standard InChI is InChI=1S/C18H29Cl3N4O6/c1-4-6-8-27-14-12(10-29-11(3)26)30-16(31-17(22)18(19,20)21)13(24-25-23)15(14)28-9-7-5-2/h12-16,22H,4-10H2,1-3H3/t12-,13-,14-,15-,16?/m1/s1. The Morgan fingerprint density at radius 2 is 1.74 bits per heavy atom. The summed E-state index contributed by atoms with van der Waals surface area (Å²) in [4.78, 5) is 14.2. The number of azide groups is 1. The van der Waals surface area contributed by atoms with Crippen molar-refractivity contribution < 1.29 is 28.5 Å². The van der Waals surface area contributed by atoms with Crippen molar-refractivity contribution in [3.8, 4) is 0 Å². The van der Waals surface area contributed by atoms with Crippen LogP contribution >= 0.6 is 34.8 Å². The summed E-state index contributed by atoms with van der Waals surface area (Å²) in [6, 6.07) is -1.05. The fourth-order valence-electron chi connectivity index (χ4n) is 2.81. The lowest BCUT2D eigenvalue weighted by molar-refractivity contribution is -0.264. The average molecular weight is 504 g/mol. The molecule has 1 unspecified atom stereocenters. The van der Waals surface area contributed by atoms with Crippen LogP contribution in [0.4, 0.5) is 0 Å². The van der Waals surface area contributed by atoms with Crippen LogP contribution in [0.15, 0.2) is 5.11 Å². The van der Waals surface area contributed by atoms with Gasteiger partial charge in [0.2, 0.25) is 12.2 Å². The van der Waals surface area contributed by atoms with E-state index in [0.717, 1.165) is 25.7 Å². The Labute approximate surface area is 196 Å². The van der Waals surface area contributed by atoms with E-state index in [4.69, 9.17) is 69.4 Å². The molecular weight excluding hydrogens is 475 g/mol. The smallest absolute Gasteiger partial charge is 0.302 e. The molecular formula is C18H29Cl3N4O6. The Balaban J connectivity index is 3.24. The van der Waals surface area contributed by atoms with Crippen molar-refractivity contribution in [2.75, 3.05) is 19.8 Å². The van der Waals surface area contributed by atoms with Gasteiger partial charge >= 0.3 is 5.97 Å². The molecule has 1 aliphatic heterocycles. The molecule has 0 radical (unpaired) electrons. The van der Waals surface area contributed by atoms with E-state index >= 15 is 0 Å². The lowest BCUT2D eigenvalue weighted by Gasteiger charge is -2.44. The lowest BCUT2D eigenvalue weighted by Crippen LogP contribution is -2.61. The Morgan fingerprint density at radius 3 is 2.23 bits per heavy atom. The minimum absolute atomic E-state index is 0.163. The number of nitrogens with zero attached hydrogens (tertiary/aromatic N) is 3. The zero-order valence-corrected chi connectivity index (χ0v) is 20.0. The van der Waals surface area contributed by atoms with Crippen LogP contribution in [0, 0.1) is 5.41 Å². The maximum atomic E-state index is 11.4. The number of carbonyl (C=O) groups is 1. The van der Waals surface area contributed by atoms with Gasteiger partial charge < -0.3 is 23.7 Å². The topological polar surface area (TPSA) is 136 Å². The van der Waals surface area contributed by atoms with E-state index in [1.54, 1.807) is 0 Å². The molecule has 13 heteroatoms. The third kappa shape index (κ3) is 9.57. The Morgan fingerprint density at radius 1 is 1.16 bits per heavy atom. The predicted octanol–water partition coefficient (Wildman–Crippen LogP) is 4.69. The summed E-state index contributed by atoms with van der Waals surface area (Å²) >= 11 is 17.1. The van der Waals surface area contributed by atoms with E-state index in [9.17, 15) is 4.79 Å². The Kier molecular flexibility index (Phi) is 12.9. The lowest BCUT2D eigenvalue weighted by atomic mass is 9.96. The van der Waals surface area contributed by atoms with Gasteiger partial charge in [-0.25, -0.2) is 0 Å². The van der Waals surface area contributed by atoms with Gasteiger partial charge in [0, 0.05) is 25.0 Å². The number of halogens is 3. The highest BCUT2D eigenvalue weighted by Gasteiger charge is 2.50.